The molecule has 18 heavy (non-hydrogen) atoms. The molecule has 0 fully saturated rings. The van der Waals surface area contributed by atoms with Crippen molar-refractivity contribution < 1.29 is 9.72 Å². The van der Waals surface area contributed by atoms with Crippen LogP contribution in [-0.2, 0) is 0 Å². The fraction of sp³-hybridized carbons (Fsp3) is 0.308. The summed E-state index contributed by atoms with van der Waals surface area (Å²) in [5.74, 6) is 5.03. The van der Waals surface area contributed by atoms with Crippen molar-refractivity contribution in [2.24, 2.45) is 5.73 Å². The van der Waals surface area contributed by atoms with Crippen LogP contribution in [0.25, 0.3) is 0 Å². The normalized spacial score (nSPS) is 9.39. The quantitative estimate of drug-likeness (QED) is 0.382. The first-order valence-corrected chi connectivity index (χ1v) is 5.63. The summed E-state index contributed by atoms with van der Waals surface area (Å²) in [6.07, 6.45) is 2.75. The summed E-state index contributed by atoms with van der Waals surface area (Å²) < 4.78 is 0. The molecule has 0 unspecified atom stereocenters. The number of non-ortho nitro benzene ring substituents is 1. The molecule has 2 N–H and O–H groups in total. The molecule has 0 saturated carbocycles. The Hall–Kier alpha value is -2.35. The number of carbonyl (C=O) groups excluding carboxylic acids is 1. The van der Waals surface area contributed by atoms with E-state index in [1.54, 1.807) is 0 Å². The monoisotopic (exact) mass is 246 g/mol. The van der Waals surface area contributed by atoms with E-state index in [9.17, 15) is 14.9 Å². The Balaban J connectivity index is 3.07. The molecule has 0 bridgehead atoms. The third-order valence-corrected chi connectivity index (χ3v) is 2.36. The summed E-state index contributed by atoms with van der Waals surface area (Å²) in [6, 6.07) is 3.93. The molecule has 0 atom stereocenters. The first-order chi connectivity index (χ1) is 8.56. The maximum atomic E-state index is 11.2. The number of nitrogens with zero attached hydrogens (tertiary/aromatic N) is 1. The average molecular weight is 246 g/mol. The van der Waals surface area contributed by atoms with Gasteiger partial charge < -0.3 is 5.73 Å². The van der Waals surface area contributed by atoms with Gasteiger partial charge in [-0.05, 0) is 12.5 Å². The molecule has 0 aliphatic heterocycles. The molecule has 0 aliphatic carbocycles. The maximum absolute atomic E-state index is 11.2. The van der Waals surface area contributed by atoms with Crippen molar-refractivity contribution in [1.29, 1.82) is 0 Å². The van der Waals surface area contributed by atoms with E-state index in [2.05, 4.69) is 18.8 Å². The van der Waals surface area contributed by atoms with Crippen LogP contribution >= 0.6 is 0 Å². The molecule has 0 aromatic heterocycles. The Bertz CT molecular complexity index is 527. The standard InChI is InChI=1S/C13H14N2O3/c1-2-3-4-5-6-10-7-8-11(15(17)18)9-12(10)13(14)16/h7-9H,2-4H2,1H3,(H2,14,16). The molecule has 5 heteroatoms. The van der Waals surface area contributed by atoms with Crippen molar-refractivity contribution in [3.05, 3.63) is 39.4 Å². The lowest BCUT2D eigenvalue weighted by Gasteiger charge is -1.99. The number of unbranched alkanes of at least 4 members (excludes halogenated alkanes) is 2. The molecule has 1 amide bonds. The van der Waals surface area contributed by atoms with Gasteiger partial charge in [-0.2, -0.15) is 0 Å². The van der Waals surface area contributed by atoms with Gasteiger partial charge in [0.1, 0.15) is 0 Å². The van der Waals surface area contributed by atoms with Crippen LogP contribution in [0.3, 0.4) is 0 Å². The zero-order chi connectivity index (χ0) is 13.5. The van der Waals surface area contributed by atoms with E-state index in [-0.39, 0.29) is 11.3 Å². The van der Waals surface area contributed by atoms with Crippen molar-refractivity contribution in [2.45, 2.75) is 26.2 Å². The molecule has 0 radical (unpaired) electrons. The summed E-state index contributed by atoms with van der Waals surface area (Å²) >= 11 is 0. The third-order valence-electron chi connectivity index (χ3n) is 2.36. The smallest absolute Gasteiger partial charge is 0.270 e. The van der Waals surface area contributed by atoms with E-state index >= 15 is 0 Å². The minimum atomic E-state index is -0.710. The van der Waals surface area contributed by atoms with E-state index in [4.69, 9.17) is 5.73 Å². The lowest BCUT2D eigenvalue weighted by atomic mass is 10.1. The molecular weight excluding hydrogens is 232 g/mol. The molecular formula is C13H14N2O3. The Morgan fingerprint density at radius 2 is 2.22 bits per heavy atom. The predicted molar refractivity (Wildman–Crippen MR) is 68.0 cm³/mol. The fourth-order valence-electron chi connectivity index (χ4n) is 1.38. The predicted octanol–water partition coefficient (Wildman–Crippen LogP) is 2.24. The fourth-order valence-corrected chi connectivity index (χ4v) is 1.38. The van der Waals surface area contributed by atoms with Gasteiger partial charge in [0.2, 0.25) is 5.91 Å². The summed E-state index contributed by atoms with van der Waals surface area (Å²) in [5, 5.41) is 10.6. The van der Waals surface area contributed by atoms with E-state index in [0.717, 1.165) is 25.3 Å². The van der Waals surface area contributed by atoms with E-state index in [0.29, 0.717) is 5.56 Å². The molecule has 0 heterocycles. The van der Waals surface area contributed by atoms with Crippen molar-refractivity contribution in [1.82, 2.24) is 0 Å². The number of primary amides is 1. The first kappa shape index (κ1) is 13.7. The van der Waals surface area contributed by atoms with Gasteiger partial charge in [-0.3, -0.25) is 14.9 Å². The zero-order valence-corrected chi connectivity index (χ0v) is 10.1. The van der Waals surface area contributed by atoms with E-state index in [1.165, 1.54) is 12.1 Å². The number of nitrogens with two attached hydrogens (primary N) is 1. The first-order valence-electron chi connectivity index (χ1n) is 5.63. The van der Waals surface area contributed by atoms with Crippen LogP contribution in [0.1, 0.15) is 42.1 Å². The van der Waals surface area contributed by atoms with Crippen molar-refractivity contribution in [2.75, 3.05) is 0 Å². The number of carbonyl (C=O) groups is 1. The van der Waals surface area contributed by atoms with Gasteiger partial charge >= 0.3 is 0 Å². The molecule has 0 saturated heterocycles. The Labute approximate surface area is 105 Å². The average Bonchev–Trinajstić information content (AvgIpc) is 2.34. The second-order valence-electron chi connectivity index (χ2n) is 3.76. The van der Waals surface area contributed by atoms with Gasteiger partial charge in [-0.1, -0.05) is 25.2 Å². The van der Waals surface area contributed by atoms with Crippen LogP contribution < -0.4 is 5.73 Å². The van der Waals surface area contributed by atoms with Crippen LogP contribution in [0, 0.1) is 22.0 Å². The van der Waals surface area contributed by atoms with Crippen molar-refractivity contribution >= 4 is 11.6 Å². The molecule has 1 rings (SSSR count). The highest BCUT2D eigenvalue weighted by Gasteiger charge is 2.13. The number of rotatable bonds is 4. The lowest BCUT2D eigenvalue weighted by molar-refractivity contribution is -0.384. The Morgan fingerprint density at radius 3 is 2.78 bits per heavy atom. The van der Waals surface area contributed by atoms with Crippen LogP contribution in [0.2, 0.25) is 0 Å². The minimum absolute atomic E-state index is 0.0909. The topological polar surface area (TPSA) is 86.2 Å². The van der Waals surface area contributed by atoms with Crippen molar-refractivity contribution in [3.63, 3.8) is 0 Å². The molecule has 5 nitrogen and oxygen atoms in total. The Kier molecular flexibility index (Phi) is 4.88. The molecule has 1 aromatic rings. The largest absolute Gasteiger partial charge is 0.366 e. The lowest BCUT2D eigenvalue weighted by Crippen LogP contribution is -2.13. The number of nitro groups is 1. The van der Waals surface area contributed by atoms with Gasteiger partial charge in [-0.15, -0.1) is 0 Å². The highest BCUT2D eigenvalue weighted by Crippen LogP contribution is 2.17. The molecule has 0 spiro atoms. The molecule has 94 valence electrons. The van der Waals surface area contributed by atoms with Gasteiger partial charge in [0.15, 0.2) is 0 Å². The number of benzene rings is 1. The molecule has 0 aliphatic rings. The number of amides is 1. The summed E-state index contributed by atoms with van der Waals surface area (Å²) in [4.78, 5) is 21.3. The van der Waals surface area contributed by atoms with Gasteiger partial charge in [-0.25, -0.2) is 0 Å². The van der Waals surface area contributed by atoms with Gasteiger partial charge in [0.25, 0.3) is 5.69 Å². The SMILES string of the molecule is CCCCC#Cc1ccc([N+](=O)[O-])cc1C(N)=O. The second kappa shape index (κ2) is 6.40. The minimum Gasteiger partial charge on any atom is -0.366 e. The maximum Gasteiger partial charge on any atom is 0.270 e. The van der Waals surface area contributed by atoms with Crippen molar-refractivity contribution in [3.8, 4) is 11.8 Å². The zero-order valence-electron chi connectivity index (χ0n) is 10.1. The van der Waals surface area contributed by atoms with Crippen LogP contribution in [0.5, 0.6) is 0 Å². The highest BCUT2D eigenvalue weighted by molar-refractivity contribution is 5.96. The third kappa shape index (κ3) is 3.59. The summed E-state index contributed by atoms with van der Waals surface area (Å²) in [5.41, 5.74) is 5.55. The van der Waals surface area contributed by atoms with Gasteiger partial charge in [0, 0.05) is 24.1 Å². The van der Waals surface area contributed by atoms with Gasteiger partial charge in [0.05, 0.1) is 10.5 Å². The highest BCUT2D eigenvalue weighted by atomic mass is 16.6. The number of nitro benzene ring substituents is 1. The molecule has 1 aromatic carbocycles. The number of hydrogen-bond acceptors (Lipinski definition) is 3. The van der Waals surface area contributed by atoms with E-state index < -0.39 is 10.8 Å². The number of hydrogen-bond donors (Lipinski definition) is 1. The van der Waals surface area contributed by atoms with Crippen LogP contribution in [0.15, 0.2) is 18.2 Å². The summed E-state index contributed by atoms with van der Waals surface area (Å²) in [6.45, 7) is 2.06. The van der Waals surface area contributed by atoms with Crippen LogP contribution in [-0.4, -0.2) is 10.8 Å². The second-order valence-corrected chi connectivity index (χ2v) is 3.76. The van der Waals surface area contributed by atoms with E-state index in [1.807, 2.05) is 0 Å². The van der Waals surface area contributed by atoms with Crippen LogP contribution in [0.4, 0.5) is 5.69 Å². The Morgan fingerprint density at radius 1 is 1.50 bits per heavy atom. The summed E-state index contributed by atoms with van der Waals surface area (Å²) in [7, 11) is 0.